The van der Waals surface area contributed by atoms with E-state index in [1.165, 1.54) is 25.9 Å². The maximum atomic E-state index is 5.37. The van der Waals surface area contributed by atoms with Crippen LogP contribution in [0.5, 0.6) is 0 Å². The highest BCUT2D eigenvalue weighted by Crippen LogP contribution is 2.06. The minimum atomic E-state index is 0.635. The molecule has 0 amide bonds. The molecule has 0 radical (unpaired) electrons. The van der Waals surface area contributed by atoms with E-state index in [9.17, 15) is 0 Å². The summed E-state index contributed by atoms with van der Waals surface area (Å²) in [5, 5.41) is 0. The van der Waals surface area contributed by atoms with Crippen molar-refractivity contribution in [2.24, 2.45) is 0 Å². The first-order valence-electron chi connectivity index (χ1n) is 6.42. The van der Waals surface area contributed by atoms with Gasteiger partial charge in [0, 0.05) is 24.2 Å². The Morgan fingerprint density at radius 3 is 2.72 bits per heavy atom. The minimum absolute atomic E-state index is 0.635. The molecule has 0 aromatic carbocycles. The smallest absolute Gasteiger partial charge is 0.252 e. The molecule has 18 heavy (non-hydrogen) atoms. The summed E-state index contributed by atoms with van der Waals surface area (Å²) in [7, 11) is 0. The third kappa shape index (κ3) is 1.95. The highest BCUT2D eigenvalue weighted by atomic mass is 32.1. The van der Waals surface area contributed by atoms with Gasteiger partial charge in [-0.3, -0.25) is 0 Å². The molecule has 3 heterocycles. The Morgan fingerprint density at radius 2 is 2.00 bits per heavy atom. The lowest BCUT2D eigenvalue weighted by atomic mass is 10.4. The molecule has 0 unspecified atom stereocenters. The maximum Gasteiger partial charge on any atom is 0.252 e. The molecule has 1 fully saturated rings. The van der Waals surface area contributed by atoms with Crippen molar-refractivity contribution in [3.8, 4) is 0 Å². The summed E-state index contributed by atoms with van der Waals surface area (Å²) in [5.41, 5.74) is 2.13. The SMILES string of the molecule is Cc1cc(C)n2c(n1)nc(=S)n2C[NH+]1CCCC1. The molecule has 3 rings (SSSR count). The predicted molar refractivity (Wildman–Crippen MR) is 71.2 cm³/mol. The van der Waals surface area contributed by atoms with E-state index in [1.54, 1.807) is 4.90 Å². The predicted octanol–water partition coefficient (Wildman–Crippen LogP) is 0.513. The molecule has 5 nitrogen and oxygen atoms in total. The van der Waals surface area contributed by atoms with E-state index in [2.05, 4.69) is 27.6 Å². The molecule has 0 saturated carbocycles. The Labute approximate surface area is 111 Å². The molecule has 0 bridgehead atoms. The zero-order chi connectivity index (χ0) is 12.7. The van der Waals surface area contributed by atoms with Gasteiger partial charge in [0.1, 0.15) is 0 Å². The van der Waals surface area contributed by atoms with Gasteiger partial charge in [-0.25, -0.2) is 14.2 Å². The highest BCUT2D eigenvalue weighted by molar-refractivity contribution is 7.71. The fourth-order valence-corrected chi connectivity index (χ4v) is 2.97. The molecule has 2 aromatic heterocycles. The summed E-state index contributed by atoms with van der Waals surface area (Å²) in [6, 6.07) is 2.07. The first-order chi connectivity index (χ1) is 8.65. The number of nitrogens with one attached hydrogen (secondary N) is 1. The number of fused-ring (bicyclic) bond motifs is 1. The van der Waals surface area contributed by atoms with Crippen molar-refractivity contribution in [2.75, 3.05) is 13.1 Å². The zero-order valence-electron chi connectivity index (χ0n) is 10.8. The number of likely N-dealkylation sites (tertiary alicyclic amines) is 1. The summed E-state index contributed by atoms with van der Waals surface area (Å²) in [6.45, 7) is 7.42. The molecule has 0 spiro atoms. The van der Waals surface area contributed by atoms with Gasteiger partial charge in [-0.2, -0.15) is 4.98 Å². The van der Waals surface area contributed by atoms with Gasteiger partial charge in [-0.1, -0.05) is 0 Å². The number of nitrogens with zero attached hydrogens (tertiary/aromatic N) is 4. The molecule has 0 aliphatic carbocycles. The fourth-order valence-electron chi connectivity index (χ4n) is 2.74. The first kappa shape index (κ1) is 11.8. The van der Waals surface area contributed by atoms with Gasteiger partial charge >= 0.3 is 0 Å². The molecule has 1 N–H and O–H groups in total. The van der Waals surface area contributed by atoms with Gasteiger partial charge in [0.05, 0.1) is 13.1 Å². The van der Waals surface area contributed by atoms with Crippen LogP contribution in [-0.4, -0.2) is 32.3 Å². The van der Waals surface area contributed by atoms with Crippen molar-refractivity contribution in [1.29, 1.82) is 0 Å². The summed E-state index contributed by atoms with van der Waals surface area (Å²) < 4.78 is 4.75. The van der Waals surface area contributed by atoms with Crippen LogP contribution in [0.15, 0.2) is 6.07 Å². The average molecular weight is 264 g/mol. The van der Waals surface area contributed by atoms with E-state index in [0.29, 0.717) is 4.77 Å². The second-order valence-corrected chi connectivity index (χ2v) is 5.42. The number of rotatable bonds is 2. The standard InChI is InChI=1S/C12H17N5S/c1-9-7-10(2)17-11(13-9)14-12(18)16(17)8-15-5-3-4-6-15/h7H,3-6,8H2,1-2H3/p+1. The van der Waals surface area contributed by atoms with Gasteiger partial charge in [0.25, 0.3) is 5.78 Å². The Bertz CT molecular complexity index is 636. The van der Waals surface area contributed by atoms with Crippen LogP contribution < -0.4 is 4.90 Å². The Hall–Kier alpha value is -1.27. The normalized spacial score (nSPS) is 16.8. The van der Waals surface area contributed by atoms with E-state index in [4.69, 9.17) is 12.2 Å². The lowest BCUT2D eigenvalue weighted by Crippen LogP contribution is -3.09. The fraction of sp³-hybridized carbons (Fsp3) is 0.583. The van der Waals surface area contributed by atoms with Crippen LogP contribution in [0.3, 0.4) is 0 Å². The molecule has 96 valence electrons. The molecule has 2 aromatic rings. The van der Waals surface area contributed by atoms with E-state index >= 15 is 0 Å². The van der Waals surface area contributed by atoms with Crippen LogP contribution in [0.25, 0.3) is 5.78 Å². The van der Waals surface area contributed by atoms with E-state index in [-0.39, 0.29) is 0 Å². The van der Waals surface area contributed by atoms with E-state index < -0.39 is 0 Å². The van der Waals surface area contributed by atoms with Gasteiger partial charge in [-0.05, 0) is 32.1 Å². The Balaban J connectivity index is 2.10. The van der Waals surface area contributed by atoms with Gasteiger partial charge in [-0.15, -0.1) is 0 Å². The second kappa shape index (κ2) is 4.44. The van der Waals surface area contributed by atoms with Crippen LogP contribution in [0.2, 0.25) is 0 Å². The first-order valence-corrected chi connectivity index (χ1v) is 6.83. The monoisotopic (exact) mass is 264 g/mol. The lowest BCUT2D eigenvalue weighted by Gasteiger charge is -2.14. The van der Waals surface area contributed by atoms with Crippen LogP contribution in [0.4, 0.5) is 0 Å². The maximum absolute atomic E-state index is 5.37. The van der Waals surface area contributed by atoms with Crippen LogP contribution in [-0.2, 0) is 6.67 Å². The minimum Gasteiger partial charge on any atom is -0.316 e. The van der Waals surface area contributed by atoms with Crippen molar-refractivity contribution in [1.82, 2.24) is 19.2 Å². The molecule has 0 atom stereocenters. The summed E-state index contributed by atoms with van der Waals surface area (Å²) in [6.07, 6.45) is 2.63. The van der Waals surface area contributed by atoms with Gasteiger partial charge in [0.2, 0.25) is 4.77 Å². The Kier molecular flexibility index (Phi) is 2.91. The van der Waals surface area contributed by atoms with Crippen molar-refractivity contribution >= 4 is 18.0 Å². The van der Waals surface area contributed by atoms with Crippen LogP contribution in [0.1, 0.15) is 24.2 Å². The second-order valence-electron chi connectivity index (χ2n) is 5.06. The molecule has 1 saturated heterocycles. The molecule has 1 aliphatic rings. The number of aryl methyl sites for hydroxylation is 2. The van der Waals surface area contributed by atoms with Crippen molar-refractivity contribution in [3.05, 3.63) is 22.2 Å². The van der Waals surface area contributed by atoms with Gasteiger partial charge < -0.3 is 4.90 Å². The number of quaternary nitrogens is 1. The molecular formula is C12H18N5S+. The van der Waals surface area contributed by atoms with Crippen molar-refractivity contribution in [2.45, 2.75) is 33.4 Å². The molecule has 6 heteroatoms. The lowest BCUT2D eigenvalue weighted by molar-refractivity contribution is -0.911. The topological polar surface area (TPSA) is 39.6 Å². The average Bonchev–Trinajstić information content (AvgIpc) is 2.88. The van der Waals surface area contributed by atoms with Crippen LogP contribution in [0, 0.1) is 18.6 Å². The molecular weight excluding hydrogens is 246 g/mol. The third-order valence-electron chi connectivity index (χ3n) is 3.56. The zero-order valence-corrected chi connectivity index (χ0v) is 11.6. The van der Waals surface area contributed by atoms with Crippen molar-refractivity contribution < 1.29 is 4.90 Å². The number of hydrogen-bond donors (Lipinski definition) is 1. The Morgan fingerprint density at radius 1 is 1.28 bits per heavy atom. The summed E-state index contributed by atoms with van der Waals surface area (Å²) in [5.74, 6) is 0.719. The molecule has 1 aliphatic heterocycles. The van der Waals surface area contributed by atoms with E-state index in [1.807, 2.05) is 11.4 Å². The summed E-state index contributed by atoms with van der Waals surface area (Å²) in [4.78, 5) is 10.4. The highest BCUT2D eigenvalue weighted by Gasteiger charge is 2.18. The van der Waals surface area contributed by atoms with Crippen molar-refractivity contribution in [3.63, 3.8) is 0 Å². The van der Waals surface area contributed by atoms with Crippen LogP contribution >= 0.6 is 12.2 Å². The quantitative estimate of drug-likeness (QED) is 0.804. The largest absolute Gasteiger partial charge is 0.316 e. The number of aromatic nitrogens is 4. The third-order valence-corrected chi connectivity index (χ3v) is 3.86. The van der Waals surface area contributed by atoms with E-state index in [0.717, 1.165) is 23.8 Å². The number of hydrogen-bond acceptors (Lipinski definition) is 3. The summed E-state index contributed by atoms with van der Waals surface area (Å²) >= 11 is 5.37. The van der Waals surface area contributed by atoms with Gasteiger partial charge in [0.15, 0.2) is 6.67 Å².